The third kappa shape index (κ3) is 5.89. The number of nitrogens with one attached hydrogen (secondary N) is 2. The summed E-state index contributed by atoms with van der Waals surface area (Å²) >= 11 is 0. The van der Waals surface area contributed by atoms with E-state index in [2.05, 4.69) is 75.7 Å². The molecule has 246 valence electrons. The molecule has 1 aliphatic carbocycles. The van der Waals surface area contributed by atoms with Crippen LogP contribution in [0.1, 0.15) is 68.3 Å². The molecule has 4 aliphatic rings. The average molecular weight is 636 g/mol. The molecule has 10 heteroatoms. The van der Waals surface area contributed by atoms with Gasteiger partial charge in [0.1, 0.15) is 18.5 Å². The number of aryl methyl sites for hydroxylation is 3. The fourth-order valence-electron chi connectivity index (χ4n) is 7.72. The molecule has 4 heterocycles. The van der Waals surface area contributed by atoms with E-state index < -0.39 is 0 Å². The molecule has 2 fully saturated rings. The van der Waals surface area contributed by atoms with E-state index in [1.807, 2.05) is 19.5 Å². The van der Waals surface area contributed by atoms with Gasteiger partial charge in [0.15, 0.2) is 5.70 Å². The predicted molar refractivity (Wildman–Crippen MR) is 188 cm³/mol. The number of benzene rings is 2. The third-order valence-corrected chi connectivity index (χ3v) is 10.5. The second kappa shape index (κ2) is 13.1. The summed E-state index contributed by atoms with van der Waals surface area (Å²) in [5.41, 5.74) is 8.71. The lowest BCUT2D eigenvalue weighted by atomic mass is 9.94. The molecule has 0 radical (unpaired) electrons. The number of fused-ring (bicyclic) bond motifs is 2. The largest absolute Gasteiger partial charge is 0.494 e. The van der Waals surface area contributed by atoms with Crippen molar-refractivity contribution in [1.29, 1.82) is 0 Å². The molecule has 1 aromatic heterocycles. The zero-order valence-electron chi connectivity index (χ0n) is 28.2. The monoisotopic (exact) mass is 635 g/mol. The van der Waals surface area contributed by atoms with Crippen LogP contribution in [0.3, 0.4) is 0 Å². The minimum Gasteiger partial charge on any atom is -0.494 e. The van der Waals surface area contributed by atoms with Crippen molar-refractivity contribution in [1.82, 2.24) is 14.9 Å². The van der Waals surface area contributed by atoms with Crippen LogP contribution in [-0.2, 0) is 19.3 Å². The van der Waals surface area contributed by atoms with Crippen molar-refractivity contribution in [2.75, 3.05) is 55.9 Å². The number of quaternary nitrogens is 1. The predicted octanol–water partition coefficient (Wildman–Crippen LogP) is 6.75. The van der Waals surface area contributed by atoms with E-state index >= 15 is 0 Å². The van der Waals surface area contributed by atoms with Crippen molar-refractivity contribution in [2.24, 2.45) is 5.10 Å². The maximum Gasteiger partial charge on any atom is 0.452 e. The number of amides is 2. The molecule has 2 saturated heterocycles. The second-order valence-corrected chi connectivity index (χ2v) is 13.2. The van der Waals surface area contributed by atoms with Gasteiger partial charge in [-0.3, -0.25) is 5.32 Å². The van der Waals surface area contributed by atoms with Gasteiger partial charge in [-0.05, 0) is 87.7 Å². The average Bonchev–Trinajstić information content (AvgIpc) is 3.78. The zero-order chi connectivity index (χ0) is 32.5. The summed E-state index contributed by atoms with van der Waals surface area (Å²) in [4.78, 5) is 28.9. The van der Waals surface area contributed by atoms with Crippen molar-refractivity contribution in [2.45, 2.75) is 71.3 Å². The molecule has 2 aromatic carbocycles. The highest BCUT2D eigenvalue weighted by molar-refractivity contribution is 5.98. The molecule has 2 amide bonds. The lowest BCUT2D eigenvalue weighted by molar-refractivity contribution is -0.756. The van der Waals surface area contributed by atoms with Crippen molar-refractivity contribution >= 4 is 41.0 Å². The van der Waals surface area contributed by atoms with E-state index in [1.54, 1.807) is 7.11 Å². The van der Waals surface area contributed by atoms with E-state index in [0.29, 0.717) is 12.0 Å². The molecular formula is C37H47N8O2+. The summed E-state index contributed by atoms with van der Waals surface area (Å²) in [6.07, 6.45) is 12.1. The van der Waals surface area contributed by atoms with Crippen LogP contribution in [0, 0.1) is 0 Å². The third-order valence-electron chi connectivity index (χ3n) is 10.5. The van der Waals surface area contributed by atoms with Gasteiger partial charge in [0.25, 0.3) is 0 Å². The van der Waals surface area contributed by atoms with Gasteiger partial charge in [-0.25, -0.2) is 14.8 Å². The maximum absolute atomic E-state index is 14.1. The Labute approximate surface area is 278 Å². The van der Waals surface area contributed by atoms with Gasteiger partial charge in [0.2, 0.25) is 5.95 Å². The number of ether oxygens (including phenoxy) is 1. The zero-order valence-corrected chi connectivity index (χ0v) is 28.2. The Balaban J connectivity index is 1.11. The Morgan fingerprint density at radius 2 is 1.77 bits per heavy atom. The highest BCUT2D eigenvalue weighted by atomic mass is 16.5. The number of piperidine rings is 1. The molecule has 7 rings (SSSR count). The SMILES string of the molecule is CCc1cccc(CC)c1NC(=O)[N+]1(C)N=CC2=C1c1nc(Nc3ccc(N4CCC(N5CCCC5)CC4)cc3OC)ncc1CC2. The molecule has 0 saturated carbocycles. The maximum atomic E-state index is 14.1. The van der Waals surface area contributed by atoms with Gasteiger partial charge in [-0.1, -0.05) is 41.7 Å². The van der Waals surface area contributed by atoms with Crippen LogP contribution in [0.15, 0.2) is 53.3 Å². The number of methoxy groups -OCH3 is 1. The Bertz CT molecular complexity index is 1700. The fraction of sp³-hybridized carbons (Fsp3) is 0.459. The van der Waals surface area contributed by atoms with Crippen LogP contribution in [0.2, 0.25) is 0 Å². The number of urea groups is 1. The van der Waals surface area contributed by atoms with Gasteiger partial charge in [0, 0.05) is 48.2 Å². The van der Waals surface area contributed by atoms with Gasteiger partial charge in [-0.2, -0.15) is 0 Å². The van der Waals surface area contributed by atoms with Crippen LogP contribution in [-0.4, -0.2) is 78.1 Å². The minimum atomic E-state index is -0.244. The number of carbonyl (C=O) groups excluding carboxylic acids is 1. The smallest absolute Gasteiger partial charge is 0.452 e. The molecule has 10 nitrogen and oxygen atoms in total. The molecule has 3 aromatic rings. The van der Waals surface area contributed by atoms with Crippen LogP contribution in [0.25, 0.3) is 5.70 Å². The summed E-state index contributed by atoms with van der Waals surface area (Å²) in [5.74, 6) is 1.20. The summed E-state index contributed by atoms with van der Waals surface area (Å²) in [6.45, 7) is 8.84. The Kier molecular flexibility index (Phi) is 8.72. The molecule has 1 unspecified atom stereocenters. The summed E-state index contributed by atoms with van der Waals surface area (Å²) < 4.78 is 5.61. The molecular weight excluding hydrogens is 588 g/mol. The first-order valence-electron chi connectivity index (χ1n) is 17.3. The molecule has 0 spiro atoms. The topological polar surface area (TPSA) is 95.0 Å². The standard InChI is InChI=1S/C37H46N8O2/c1-5-25-10-9-11-26(6-2)33(25)42-37(46)45(3)35-28(24-39-45)13-12-27-23-38-36(41-34(27)35)40-31-15-14-30(22-32(31)47-4)44-20-16-29(17-21-44)43-18-7-8-19-43/h9-11,14-15,22-24,29H,5-8,12-13,16-21H2,1-4H3,(H-,38,40,41,42,46)/p+1. The van der Waals surface area contributed by atoms with Gasteiger partial charge in [-0.15, -0.1) is 0 Å². The first kappa shape index (κ1) is 31.3. The lowest BCUT2D eigenvalue weighted by Crippen LogP contribution is -2.45. The second-order valence-electron chi connectivity index (χ2n) is 13.2. The molecule has 1 atom stereocenters. The summed E-state index contributed by atoms with van der Waals surface area (Å²) in [6, 6.07) is 13.0. The number of hydrogen-bond donors (Lipinski definition) is 2. The Hall–Kier alpha value is -4.28. The molecule has 3 aliphatic heterocycles. The number of rotatable bonds is 8. The molecule has 0 bridgehead atoms. The van der Waals surface area contributed by atoms with E-state index in [9.17, 15) is 4.79 Å². The normalized spacial score (nSPS) is 21.1. The molecule has 47 heavy (non-hydrogen) atoms. The van der Waals surface area contributed by atoms with Gasteiger partial charge >= 0.3 is 6.03 Å². The van der Waals surface area contributed by atoms with E-state index in [-0.39, 0.29) is 10.6 Å². The van der Waals surface area contributed by atoms with Crippen LogP contribution in [0.4, 0.5) is 27.8 Å². The Morgan fingerprint density at radius 3 is 2.47 bits per heavy atom. The number of anilines is 4. The van der Waals surface area contributed by atoms with E-state index in [4.69, 9.17) is 14.8 Å². The number of para-hydroxylation sites is 1. The van der Waals surface area contributed by atoms with Gasteiger partial charge in [0.05, 0.1) is 24.7 Å². The number of hydrogen-bond acceptors (Lipinski definition) is 8. The van der Waals surface area contributed by atoms with Crippen LogP contribution in [0.5, 0.6) is 5.75 Å². The number of carbonyl (C=O) groups is 1. The highest BCUT2D eigenvalue weighted by Crippen LogP contribution is 2.41. The highest BCUT2D eigenvalue weighted by Gasteiger charge is 2.47. The van der Waals surface area contributed by atoms with Crippen molar-refractivity contribution < 1.29 is 14.1 Å². The number of aromatic nitrogens is 2. The Morgan fingerprint density at radius 1 is 1.02 bits per heavy atom. The van der Waals surface area contributed by atoms with Crippen molar-refractivity contribution in [3.8, 4) is 5.75 Å². The van der Waals surface area contributed by atoms with Crippen LogP contribution < -0.4 is 20.3 Å². The number of nitrogens with zero attached hydrogens (tertiary/aromatic N) is 6. The van der Waals surface area contributed by atoms with Crippen molar-refractivity contribution in [3.63, 3.8) is 0 Å². The number of allylic oxidation sites excluding steroid dienone is 1. The first-order chi connectivity index (χ1) is 22.9. The summed E-state index contributed by atoms with van der Waals surface area (Å²) in [7, 11) is 3.54. The first-order valence-corrected chi connectivity index (χ1v) is 17.3. The quantitative estimate of drug-likeness (QED) is 0.264. The van der Waals surface area contributed by atoms with Gasteiger partial charge < -0.3 is 19.9 Å². The summed E-state index contributed by atoms with van der Waals surface area (Å²) in [5, 5.41) is 11.4. The van der Waals surface area contributed by atoms with Crippen molar-refractivity contribution in [3.05, 3.63) is 70.6 Å². The number of likely N-dealkylation sites (tertiary alicyclic amines) is 1. The lowest BCUT2D eigenvalue weighted by Gasteiger charge is -2.38. The molecule has 2 N–H and O–H groups in total. The van der Waals surface area contributed by atoms with Crippen LogP contribution >= 0.6 is 0 Å². The van der Waals surface area contributed by atoms with E-state index in [1.165, 1.54) is 44.5 Å². The minimum absolute atomic E-state index is 0.204. The van der Waals surface area contributed by atoms with E-state index in [0.717, 1.165) is 89.6 Å². The fourth-order valence-corrected chi connectivity index (χ4v) is 7.72.